The first kappa shape index (κ1) is 16.3. The number of carbonyl (C=O) groups is 1. The zero-order chi connectivity index (χ0) is 17.3. The molecule has 1 fully saturated rings. The van der Waals surface area contributed by atoms with E-state index in [4.69, 9.17) is 5.73 Å². The number of hydrogen-bond donors (Lipinski definition) is 2. The van der Waals surface area contributed by atoms with Crippen LogP contribution in [0.2, 0.25) is 0 Å². The van der Waals surface area contributed by atoms with Crippen molar-refractivity contribution >= 4 is 5.91 Å². The highest BCUT2D eigenvalue weighted by molar-refractivity contribution is 5.79. The number of hydrogen-bond acceptors (Lipinski definition) is 5. The molecule has 0 spiro atoms. The van der Waals surface area contributed by atoms with Gasteiger partial charge in [0, 0.05) is 48.3 Å². The van der Waals surface area contributed by atoms with E-state index in [1.54, 1.807) is 37.3 Å². The molecule has 1 aliphatic carbocycles. The quantitative estimate of drug-likeness (QED) is 0.857. The first-order chi connectivity index (χ1) is 11.5. The van der Waals surface area contributed by atoms with Gasteiger partial charge in [0.1, 0.15) is 5.82 Å². The maximum absolute atomic E-state index is 12.4. The van der Waals surface area contributed by atoms with Crippen LogP contribution in [0.25, 0.3) is 11.4 Å². The SMILES string of the molecule is Cc1nc(-c2cccnc2)[nH]c(=O)c1CC(=O)N(C)C1CC(N)C1. The van der Waals surface area contributed by atoms with Crippen LogP contribution < -0.4 is 11.3 Å². The molecule has 2 aromatic rings. The molecule has 0 aromatic carbocycles. The van der Waals surface area contributed by atoms with Gasteiger partial charge in [0.2, 0.25) is 5.91 Å². The lowest BCUT2D eigenvalue weighted by Crippen LogP contribution is -2.51. The second-order valence-electron chi connectivity index (χ2n) is 6.29. The van der Waals surface area contributed by atoms with Crippen LogP contribution in [-0.4, -0.2) is 44.9 Å². The fraction of sp³-hybridized carbons (Fsp3) is 0.412. The summed E-state index contributed by atoms with van der Waals surface area (Å²) in [6.45, 7) is 1.75. The van der Waals surface area contributed by atoms with E-state index < -0.39 is 0 Å². The van der Waals surface area contributed by atoms with Crippen molar-refractivity contribution in [2.24, 2.45) is 5.73 Å². The third-order valence-corrected chi connectivity index (χ3v) is 4.58. The summed E-state index contributed by atoms with van der Waals surface area (Å²) in [6.07, 6.45) is 4.97. The molecule has 7 nitrogen and oxygen atoms in total. The number of rotatable bonds is 4. The average molecular weight is 327 g/mol. The van der Waals surface area contributed by atoms with E-state index in [9.17, 15) is 9.59 Å². The van der Waals surface area contributed by atoms with Crippen LogP contribution >= 0.6 is 0 Å². The number of nitrogens with two attached hydrogens (primary N) is 1. The minimum absolute atomic E-state index is 0.0454. The van der Waals surface area contributed by atoms with Gasteiger partial charge in [-0.05, 0) is 31.9 Å². The molecule has 0 unspecified atom stereocenters. The Labute approximate surface area is 139 Å². The molecule has 2 aromatic heterocycles. The van der Waals surface area contributed by atoms with Gasteiger partial charge in [0.05, 0.1) is 6.42 Å². The number of likely N-dealkylation sites (N-methyl/N-ethyl adjacent to an activating group) is 1. The topological polar surface area (TPSA) is 105 Å². The summed E-state index contributed by atoms with van der Waals surface area (Å²) >= 11 is 0. The standard InChI is InChI=1S/C17H21N5O2/c1-10-14(8-15(23)22(2)13-6-12(18)7-13)17(24)21-16(20-10)11-4-3-5-19-9-11/h3-5,9,12-13H,6-8,18H2,1-2H3,(H,20,21,24). The summed E-state index contributed by atoms with van der Waals surface area (Å²) in [5.74, 6) is 0.372. The van der Waals surface area contributed by atoms with Gasteiger partial charge in [-0.15, -0.1) is 0 Å². The number of nitrogens with zero attached hydrogens (tertiary/aromatic N) is 3. The van der Waals surface area contributed by atoms with E-state index in [0.29, 0.717) is 17.1 Å². The lowest BCUT2D eigenvalue weighted by Gasteiger charge is -2.39. The molecule has 3 N–H and O–H groups in total. The molecule has 7 heteroatoms. The maximum Gasteiger partial charge on any atom is 0.255 e. The fourth-order valence-corrected chi connectivity index (χ4v) is 2.88. The second kappa shape index (κ2) is 6.52. The first-order valence-electron chi connectivity index (χ1n) is 7.97. The predicted molar refractivity (Wildman–Crippen MR) is 90.3 cm³/mol. The molecule has 1 amide bonds. The number of carbonyl (C=O) groups excluding carboxylic acids is 1. The van der Waals surface area contributed by atoms with Gasteiger partial charge in [-0.2, -0.15) is 0 Å². The van der Waals surface area contributed by atoms with Crippen molar-refractivity contribution in [3.63, 3.8) is 0 Å². The molecule has 0 bridgehead atoms. The largest absolute Gasteiger partial charge is 0.342 e. The van der Waals surface area contributed by atoms with Gasteiger partial charge in [-0.25, -0.2) is 4.98 Å². The fourth-order valence-electron chi connectivity index (χ4n) is 2.88. The molecule has 0 aliphatic heterocycles. The van der Waals surface area contributed by atoms with E-state index >= 15 is 0 Å². The summed E-state index contributed by atoms with van der Waals surface area (Å²) in [5, 5.41) is 0. The maximum atomic E-state index is 12.4. The number of aromatic nitrogens is 3. The van der Waals surface area contributed by atoms with Gasteiger partial charge < -0.3 is 15.6 Å². The minimum Gasteiger partial charge on any atom is -0.342 e. The molecule has 0 radical (unpaired) electrons. The van der Waals surface area contributed by atoms with Crippen molar-refractivity contribution in [3.05, 3.63) is 46.1 Å². The van der Waals surface area contributed by atoms with Crippen molar-refractivity contribution in [3.8, 4) is 11.4 Å². The Morgan fingerprint density at radius 2 is 2.21 bits per heavy atom. The first-order valence-corrected chi connectivity index (χ1v) is 7.97. The summed E-state index contributed by atoms with van der Waals surface area (Å²) < 4.78 is 0. The van der Waals surface area contributed by atoms with Crippen LogP contribution in [0.3, 0.4) is 0 Å². The Morgan fingerprint density at radius 3 is 2.79 bits per heavy atom. The third-order valence-electron chi connectivity index (χ3n) is 4.58. The Kier molecular flexibility index (Phi) is 4.44. The van der Waals surface area contributed by atoms with Crippen LogP contribution in [0.4, 0.5) is 0 Å². The molecule has 126 valence electrons. The van der Waals surface area contributed by atoms with Crippen LogP contribution in [0.5, 0.6) is 0 Å². The van der Waals surface area contributed by atoms with E-state index in [-0.39, 0.29) is 30.0 Å². The number of aryl methyl sites for hydroxylation is 1. The van der Waals surface area contributed by atoms with E-state index in [1.165, 1.54) is 0 Å². The highest BCUT2D eigenvalue weighted by atomic mass is 16.2. The van der Waals surface area contributed by atoms with Crippen LogP contribution in [-0.2, 0) is 11.2 Å². The molecule has 0 saturated heterocycles. The average Bonchev–Trinajstić information content (AvgIpc) is 2.55. The van der Waals surface area contributed by atoms with Crippen molar-refractivity contribution in [1.29, 1.82) is 0 Å². The van der Waals surface area contributed by atoms with Gasteiger partial charge in [0.25, 0.3) is 5.56 Å². The molecule has 2 heterocycles. The highest BCUT2D eigenvalue weighted by Crippen LogP contribution is 2.23. The number of nitrogens with one attached hydrogen (secondary N) is 1. The van der Waals surface area contributed by atoms with Gasteiger partial charge >= 0.3 is 0 Å². The molecular weight excluding hydrogens is 306 g/mol. The molecule has 1 saturated carbocycles. The van der Waals surface area contributed by atoms with Crippen molar-refractivity contribution < 1.29 is 4.79 Å². The summed E-state index contributed by atoms with van der Waals surface area (Å²) in [4.78, 5) is 37.7. The Hall–Kier alpha value is -2.54. The van der Waals surface area contributed by atoms with Gasteiger partial charge in [-0.1, -0.05) is 0 Å². The molecule has 0 atom stereocenters. The lowest BCUT2D eigenvalue weighted by molar-refractivity contribution is -0.133. The van der Waals surface area contributed by atoms with Crippen LogP contribution in [0.15, 0.2) is 29.3 Å². The van der Waals surface area contributed by atoms with E-state index in [2.05, 4.69) is 15.0 Å². The zero-order valence-corrected chi connectivity index (χ0v) is 13.8. The summed E-state index contributed by atoms with van der Waals surface area (Å²) in [6, 6.07) is 3.95. The predicted octanol–water partition coefficient (Wildman–Crippen LogP) is 0.631. The lowest BCUT2D eigenvalue weighted by atomic mass is 9.86. The second-order valence-corrected chi connectivity index (χ2v) is 6.29. The monoisotopic (exact) mass is 327 g/mol. The number of H-pyrrole nitrogens is 1. The van der Waals surface area contributed by atoms with E-state index in [0.717, 1.165) is 18.4 Å². The van der Waals surface area contributed by atoms with Crippen LogP contribution in [0, 0.1) is 6.92 Å². The highest BCUT2D eigenvalue weighted by Gasteiger charge is 2.32. The normalized spacial score (nSPS) is 19.6. The van der Waals surface area contributed by atoms with Crippen molar-refractivity contribution in [2.75, 3.05) is 7.05 Å². The van der Waals surface area contributed by atoms with Crippen LogP contribution in [0.1, 0.15) is 24.1 Å². The molecule has 24 heavy (non-hydrogen) atoms. The Balaban J connectivity index is 1.79. The summed E-state index contributed by atoms with van der Waals surface area (Å²) in [7, 11) is 1.76. The van der Waals surface area contributed by atoms with Gasteiger partial charge in [-0.3, -0.25) is 14.6 Å². The number of amides is 1. The molecule has 1 aliphatic rings. The molecule has 3 rings (SSSR count). The smallest absolute Gasteiger partial charge is 0.255 e. The number of pyridine rings is 1. The Bertz CT molecular complexity index is 796. The Morgan fingerprint density at radius 1 is 1.46 bits per heavy atom. The zero-order valence-electron chi connectivity index (χ0n) is 13.8. The third kappa shape index (κ3) is 3.21. The number of aromatic amines is 1. The molecular formula is C17H21N5O2. The van der Waals surface area contributed by atoms with Crippen molar-refractivity contribution in [1.82, 2.24) is 19.9 Å². The van der Waals surface area contributed by atoms with E-state index in [1.807, 2.05) is 6.07 Å². The van der Waals surface area contributed by atoms with Gasteiger partial charge in [0.15, 0.2) is 0 Å². The summed E-state index contributed by atoms with van der Waals surface area (Å²) in [5.41, 5.74) is 7.19. The minimum atomic E-state index is -0.284. The van der Waals surface area contributed by atoms with Crippen molar-refractivity contribution in [2.45, 2.75) is 38.3 Å².